The molecule has 1 aromatic rings. The summed E-state index contributed by atoms with van der Waals surface area (Å²) in [5, 5.41) is 13.0. The van der Waals surface area contributed by atoms with Crippen LogP contribution in [-0.2, 0) is 22.5 Å². The normalized spacial score (nSPS) is 23.4. The van der Waals surface area contributed by atoms with Gasteiger partial charge in [-0.15, -0.1) is 0 Å². The Morgan fingerprint density at radius 2 is 2.33 bits per heavy atom. The molecule has 2 aliphatic rings. The van der Waals surface area contributed by atoms with Crippen molar-refractivity contribution in [3.63, 3.8) is 0 Å². The van der Waals surface area contributed by atoms with E-state index in [0.29, 0.717) is 24.1 Å². The molecular formula is C12H14N2O4. The maximum atomic E-state index is 11.8. The van der Waals surface area contributed by atoms with E-state index in [1.807, 2.05) is 0 Å². The number of ether oxygens (including phenoxy) is 1. The molecule has 2 aliphatic carbocycles. The second-order valence-electron chi connectivity index (χ2n) is 4.79. The Morgan fingerprint density at radius 3 is 3.00 bits per heavy atom. The number of esters is 1. The minimum atomic E-state index is -0.948. The van der Waals surface area contributed by atoms with E-state index in [4.69, 9.17) is 9.84 Å². The van der Waals surface area contributed by atoms with Gasteiger partial charge in [0.25, 0.3) is 0 Å². The van der Waals surface area contributed by atoms with Gasteiger partial charge >= 0.3 is 11.9 Å². The number of aliphatic carboxylic acids is 1. The van der Waals surface area contributed by atoms with Gasteiger partial charge in [-0.2, -0.15) is 5.10 Å². The standard InChI is InChI=1S/C12H14N2O4/c1-2-18-12(17)11-10-7-3-6(7)4-8(10)14(13-11)5-9(15)16/h6-7H,2-5H2,1H3,(H,15,16)/t6-,7-/m1/s1. The average Bonchev–Trinajstić information content (AvgIpc) is 2.82. The smallest absolute Gasteiger partial charge is 0.359 e. The summed E-state index contributed by atoms with van der Waals surface area (Å²) >= 11 is 0. The zero-order valence-electron chi connectivity index (χ0n) is 10.0. The van der Waals surface area contributed by atoms with E-state index in [0.717, 1.165) is 24.1 Å². The van der Waals surface area contributed by atoms with Crippen LogP contribution >= 0.6 is 0 Å². The third kappa shape index (κ3) is 1.60. The molecule has 0 unspecified atom stereocenters. The Bertz CT molecular complexity index is 534. The Morgan fingerprint density at radius 1 is 1.56 bits per heavy atom. The molecule has 96 valence electrons. The van der Waals surface area contributed by atoms with Crippen LogP contribution in [0.25, 0.3) is 0 Å². The van der Waals surface area contributed by atoms with E-state index in [2.05, 4.69) is 5.10 Å². The van der Waals surface area contributed by atoms with Crippen LogP contribution in [0.5, 0.6) is 0 Å². The fraction of sp³-hybridized carbons (Fsp3) is 0.583. The first-order chi connectivity index (χ1) is 8.61. The number of fused-ring (bicyclic) bond motifs is 3. The lowest BCUT2D eigenvalue weighted by Gasteiger charge is -2.01. The lowest BCUT2D eigenvalue weighted by Crippen LogP contribution is -2.14. The maximum Gasteiger partial charge on any atom is 0.359 e. The maximum absolute atomic E-state index is 11.8. The third-order valence-corrected chi connectivity index (χ3v) is 3.60. The van der Waals surface area contributed by atoms with Crippen LogP contribution in [0.2, 0.25) is 0 Å². The van der Waals surface area contributed by atoms with E-state index in [1.165, 1.54) is 4.68 Å². The highest BCUT2D eigenvalue weighted by Crippen LogP contribution is 2.57. The molecule has 1 saturated carbocycles. The highest BCUT2D eigenvalue weighted by atomic mass is 16.5. The van der Waals surface area contributed by atoms with Crippen molar-refractivity contribution in [1.82, 2.24) is 9.78 Å². The minimum Gasteiger partial charge on any atom is -0.480 e. The van der Waals surface area contributed by atoms with Crippen LogP contribution in [0.1, 0.15) is 41.0 Å². The molecule has 0 amide bonds. The number of aromatic nitrogens is 2. The van der Waals surface area contributed by atoms with Crippen molar-refractivity contribution >= 4 is 11.9 Å². The molecule has 0 aromatic carbocycles. The molecule has 0 saturated heterocycles. The monoisotopic (exact) mass is 250 g/mol. The minimum absolute atomic E-state index is 0.193. The van der Waals surface area contributed by atoms with E-state index < -0.39 is 11.9 Å². The molecule has 1 aromatic heterocycles. The highest BCUT2D eigenvalue weighted by Gasteiger charge is 2.50. The van der Waals surface area contributed by atoms with Crippen molar-refractivity contribution < 1.29 is 19.4 Å². The summed E-state index contributed by atoms with van der Waals surface area (Å²) in [5.41, 5.74) is 2.15. The molecule has 0 bridgehead atoms. The van der Waals surface area contributed by atoms with Crippen molar-refractivity contribution in [2.24, 2.45) is 5.92 Å². The van der Waals surface area contributed by atoms with Gasteiger partial charge in [-0.25, -0.2) is 4.79 Å². The van der Waals surface area contributed by atoms with Gasteiger partial charge in [0, 0.05) is 11.3 Å². The van der Waals surface area contributed by atoms with Crippen molar-refractivity contribution in [3.8, 4) is 0 Å². The Kier molecular flexibility index (Phi) is 2.39. The van der Waals surface area contributed by atoms with E-state index in [-0.39, 0.29) is 6.54 Å². The number of hydrogen-bond acceptors (Lipinski definition) is 4. The topological polar surface area (TPSA) is 81.4 Å². The van der Waals surface area contributed by atoms with Crippen molar-refractivity contribution in [2.75, 3.05) is 6.61 Å². The molecule has 1 N–H and O–H groups in total. The Balaban J connectivity index is 1.99. The zero-order valence-corrected chi connectivity index (χ0v) is 10.0. The number of hydrogen-bond donors (Lipinski definition) is 1. The summed E-state index contributed by atoms with van der Waals surface area (Å²) < 4.78 is 6.42. The molecule has 6 nitrogen and oxygen atoms in total. The van der Waals surface area contributed by atoms with Gasteiger partial charge in [-0.05, 0) is 31.6 Å². The number of carboxylic acid groups (broad SMARTS) is 1. The molecule has 0 radical (unpaired) electrons. The second-order valence-corrected chi connectivity index (χ2v) is 4.79. The number of rotatable bonds is 4. The molecule has 1 heterocycles. The van der Waals surface area contributed by atoms with Gasteiger partial charge in [0.2, 0.25) is 0 Å². The van der Waals surface area contributed by atoms with Gasteiger partial charge in [0.15, 0.2) is 5.69 Å². The average molecular weight is 250 g/mol. The first kappa shape index (κ1) is 11.3. The summed E-state index contributed by atoms with van der Waals surface area (Å²) in [4.78, 5) is 22.6. The second kappa shape index (κ2) is 3.83. The summed E-state index contributed by atoms with van der Waals surface area (Å²) in [6.07, 6.45) is 1.91. The van der Waals surface area contributed by atoms with Crippen LogP contribution in [-0.4, -0.2) is 33.4 Å². The fourth-order valence-electron chi connectivity index (χ4n) is 2.80. The predicted molar refractivity (Wildman–Crippen MR) is 60.4 cm³/mol. The largest absolute Gasteiger partial charge is 0.480 e. The number of carbonyl (C=O) groups excluding carboxylic acids is 1. The first-order valence-electron chi connectivity index (χ1n) is 6.10. The van der Waals surface area contributed by atoms with E-state index in [1.54, 1.807) is 6.92 Å². The predicted octanol–water partition coefficient (Wildman–Crippen LogP) is 0.804. The van der Waals surface area contributed by atoms with E-state index in [9.17, 15) is 9.59 Å². The van der Waals surface area contributed by atoms with Crippen LogP contribution in [0.4, 0.5) is 0 Å². The third-order valence-electron chi connectivity index (χ3n) is 3.60. The van der Waals surface area contributed by atoms with Crippen LogP contribution in [0.15, 0.2) is 0 Å². The number of carboxylic acids is 1. The molecular weight excluding hydrogens is 236 g/mol. The molecule has 0 spiro atoms. The summed E-state index contributed by atoms with van der Waals surface area (Å²) in [7, 11) is 0. The van der Waals surface area contributed by atoms with Crippen molar-refractivity contribution in [2.45, 2.75) is 32.2 Å². The molecule has 0 aliphatic heterocycles. The molecule has 3 rings (SSSR count). The molecule has 6 heteroatoms. The lowest BCUT2D eigenvalue weighted by atomic mass is 10.1. The molecule has 18 heavy (non-hydrogen) atoms. The van der Waals surface area contributed by atoms with Gasteiger partial charge in [-0.1, -0.05) is 0 Å². The quantitative estimate of drug-likeness (QED) is 0.799. The van der Waals surface area contributed by atoms with Gasteiger partial charge in [-0.3, -0.25) is 9.48 Å². The lowest BCUT2D eigenvalue weighted by molar-refractivity contribution is -0.137. The molecule has 1 fully saturated rings. The van der Waals surface area contributed by atoms with E-state index >= 15 is 0 Å². The van der Waals surface area contributed by atoms with Crippen molar-refractivity contribution in [3.05, 3.63) is 17.0 Å². The van der Waals surface area contributed by atoms with Gasteiger partial charge < -0.3 is 9.84 Å². The SMILES string of the molecule is CCOC(=O)c1nn(CC(=O)O)c2c1[C@@H]1C[C@@H]1C2. The summed E-state index contributed by atoms with van der Waals surface area (Å²) in [6.45, 7) is 1.85. The van der Waals surface area contributed by atoms with Crippen LogP contribution in [0.3, 0.4) is 0 Å². The Hall–Kier alpha value is -1.85. The summed E-state index contributed by atoms with van der Waals surface area (Å²) in [5.74, 6) is -0.421. The summed E-state index contributed by atoms with van der Waals surface area (Å²) in [6, 6.07) is 0. The van der Waals surface area contributed by atoms with Crippen molar-refractivity contribution in [1.29, 1.82) is 0 Å². The fourth-order valence-corrected chi connectivity index (χ4v) is 2.80. The highest BCUT2D eigenvalue weighted by molar-refractivity contribution is 5.90. The van der Waals surface area contributed by atoms with Gasteiger partial charge in [0.05, 0.1) is 6.61 Å². The number of nitrogens with zero attached hydrogens (tertiary/aromatic N) is 2. The van der Waals surface area contributed by atoms with Crippen LogP contribution < -0.4 is 0 Å². The zero-order chi connectivity index (χ0) is 12.9. The number of carbonyl (C=O) groups is 2. The van der Waals surface area contributed by atoms with Crippen LogP contribution in [0, 0.1) is 5.92 Å². The molecule has 2 atom stereocenters. The first-order valence-corrected chi connectivity index (χ1v) is 6.10. The Labute approximate surface area is 104 Å². The van der Waals surface area contributed by atoms with Gasteiger partial charge in [0.1, 0.15) is 6.54 Å².